The van der Waals surface area contributed by atoms with Crippen LogP contribution in [0.2, 0.25) is 0 Å². The summed E-state index contributed by atoms with van der Waals surface area (Å²) in [5.41, 5.74) is 2.29. The molecular weight excluding hydrogens is 212 g/mol. The van der Waals surface area contributed by atoms with Crippen LogP contribution in [0.1, 0.15) is 30.7 Å². The topological polar surface area (TPSA) is 32.3 Å². The lowest BCUT2D eigenvalue weighted by molar-refractivity contribution is -0.132. The van der Waals surface area contributed by atoms with Crippen LogP contribution < -0.4 is 5.32 Å². The number of nitrogens with zero attached hydrogens (tertiary/aromatic N) is 1. The average molecular weight is 230 g/mol. The number of para-hydroxylation sites is 1. The highest BCUT2D eigenvalue weighted by molar-refractivity contribution is 5.86. The molecule has 1 aromatic carbocycles. The zero-order valence-corrected chi connectivity index (χ0v) is 10.1. The van der Waals surface area contributed by atoms with Crippen molar-refractivity contribution < 1.29 is 4.79 Å². The van der Waals surface area contributed by atoms with Gasteiger partial charge in [-0.2, -0.15) is 0 Å². The average Bonchev–Trinajstić information content (AvgIpc) is 3.20. The van der Waals surface area contributed by atoms with E-state index in [0.29, 0.717) is 11.9 Å². The van der Waals surface area contributed by atoms with Gasteiger partial charge in [-0.15, -0.1) is 0 Å². The summed E-state index contributed by atoms with van der Waals surface area (Å²) in [4.78, 5) is 14.4. The Morgan fingerprint density at radius 1 is 1.29 bits per heavy atom. The van der Waals surface area contributed by atoms with E-state index in [4.69, 9.17) is 0 Å². The molecule has 17 heavy (non-hydrogen) atoms. The predicted molar refractivity (Wildman–Crippen MR) is 68.1 cm³/mol. The van der Waals surface area contributed by atoms with Gasteiger partial charge in [-0.3, -0.25) is 4.79 Å². The number of amides is 1. The second-order valence-corrected chi connectivity index (χ2v) is 5.04. The largest absolute Gasteiger partial charge is 0.385 e. The molecule has 3 heteroatoms. The molecule has 0 aromatic heterocycles. The van der Waals surface area contributed by atoms with Gasteiger partial charge < -0.3 is 10.2 Å². The summed E-state index contributed by atoms with van der Waals surface area (Å²) < 4.78 is 0. The number of rotatable bonds is 2. The van der Waals surface area contributed by atoms with Crippen LogP contribution in [0, 0.1) is 0 Å². The Labute approximate surface area is 102 Å². The molecule has 0 radical (unpaired) electrons. The van der Waals surface area contributed by atoms with Crippen molar-refractivity contribution in [1.29, 1.82) is 0 Å². The highest BCUT2D eigenvalue weighted by atomic mass is 16.2. The Hall–Kier alpha value is -1.51. The number of nitrogens with one attached hydrogen (secondary N) is 1. The van der Waals surface area contributed by atoms with Gasteiger partial charge in [-0.1, -0.05) is 18.2 Å². The van der Waals surface area contributed by atoms with Gasteiger partial charge >= 0.3 is 0 Å². The summed E-state index contributed by atoms with van der Waals surface area (Å²) in [6, 6.07) is 8.67. The van der Waals surface area contributed by atoms with Gasteiger partial charge in [0.2, 0.25) is 5.91 Å². The number of fused-ring (bicyclic) bond motifs is 1. The van der Waals surface area contributed by atoms with E-state index in [9.17, 15) is 4.79 Å². The summed E-state index contributed by atoms with van der Waals surface area (Å²) in [6.07, 6.45) is 3.26. The van der Waals surface area contributed by atoms with Crippen molar-refractivity contribution in [2.75, 3.05) is 18.9 Å². The standard InChI is InChI=1S/C14H18N2O/c1-16(10-6-7-10)14(17)12-8-9-15-13-5-3-2-4-11(12)13/h2-5,10,12,15H,6-9H2,1H3. The molecule has 1 unspecified atom stereocenters. The normalized spacial score (nSPS) is 22.5. The first-order valence-corrected chi connectivity index (χ1v) is 6.37. The molecule has 1 aromatic rings. The molecule has 1 heterocycles. The minimum atomic E-state index is 0.0537. The quantitative estimate of drug-likeness (QED) is 0.844. The van der Waals surface area contributed by atoms with E-state index < -0.39 is 0 Å². The molecule has 1 fully saturated rings. The summed E-state index contributed by atoms with van der Waals surface area (Å²) >= 11 is 0. The van der Waals surface area contributed by atoms with E-state index in [0.717, 1.165) is 24.2 Å². The van der Waals surface area contributed by atoms with Gasteiger partial charge in [0.15, 0.2) is 0 Å². The van der Waals surface area contributed by atoms with Gasteiger partial charge in [0.1, 0.15) is 0 Å². The first-order chi connectivity index (χ1) is 8.27. The highest BCUT2D eigenvalue weighted by Crippen LogP contribution is 2.35. The second kappa shape index (κ2) is 4.06. The molecule has 3 rings (SSSR count). The van der Waals surface area contributed by atoms with Crippen molar-refractivity contribution in [3.05, 3.63) is 29.8 Å². The minimum Gasteiger partial charge on any atom is -0.385 e. The SMILES string of the molecule is CN(C(=O)C1CCNc2ccccc21)C1CC1. The molecule has 0 spiro atoms. The van der Waals surface area contributed by atoms with Crippen LogP contribution >= 0.6 is 0 Å². The number of likely N-dealkylation sites (N-methyl/N-ethyl adjacent to an activating group) is 1. The number of carbonyl (C=O) groups is 1. The number of hydrogen-bond acceptors (Lipinski definition) is 2. The highest BCUT2D eigenvalue weighted by Gasteiger charge is 2.35. The monoisotopic (exact) mass is 230 g/mol. The molecule has 1 atom stereocenters. The van der Waals surface area contributed by atoms with Crippen LogP contribution in [0.5, 0.6) is 0 Å². The van der Waals surface area contributed by atoms with Crippen LogP contribution in [0.4, 0.5) is 5.69 Å². The molecule has 1 N–H and O–H groups in total. The van der Waals surface area contributed by atoms with Gasteiger partial charge in [0.05, 0.1) is 5.92 Å². The first kappa shape index (κ1) is 10.6. The lowest BCUT2D eigenvalue weighted by atomic mass is 9.90. The summed E-state index contributed by atoms with van der Waals surface area (Å²) in [6.45, 7) is 0.895. The first-order valence-electron chi connectivity index (χ1n) is 6.37. The van der Waals surface area contributed by atoms with Crippen molar-refractivity contribution >= 4 is 11.6 Å². The molecule has 0 bridgehead atoms. The van der Waals surface area contributed by atoms with Crippen molar-refractivity contribution in [1.82, 2.24) is 4.90 Å². The lowest BCUT2D eigenvalue weighted by Crippen LogP contribution is -2.36. The molecule has 0 saturated heterocycles. The van der Waals surface area contributed by atoms with E-state index in [1.165, 1.54) is 12.8 Å². The third-order valence-electron chi connectivity index (χ3n) is 3.82. The van der Waals surface area contributed by atoms with Crippen molar-refractivity contribution in [2.45, 2.75) is 31.2 Å². The van der Waals surface area contributed by atoms with Gasteiger partial charge in [-0.25, -0.2) is 0 Å². The van der Waals surface area contributed by atoms with E-state index in [1.54, 1.807) is 0 Å². The molecule has 1 saturated carbocycles. The molecule has 3 nitrogen and oxygen atoms in total. The Morgan fingerprint density at radius 3 is 2.82 bits per heavy atom. The van der Waals surface area contributed by atoms with E-state index in [1.807, 2.05) is 24.1 Å². The van der Waals surface area contributed by atoms with E-state index >= 15 is 0 Å². The minimum absolute atomic E-state index is 0.0537. The molecule has 1 aliphatic carbocycles. The molecule has 1 amide bonds. The lowest BCUT2D eigenvalue weighted by Gasteiger charge is -2.29. The number of carbonyl (C=O) groups excluding carboxylic acids is 1. The molecule has 2 aliphatic rings. The fourth-order valence-corrected chi connectivity index (χ4v) is 2.61. The third-order valence-corrected chi connectivity index (χ3v) is 3.82. The van der Waals surface area contributed by atoms with Crippen molar-refractivity contribution in [3.63, 3.8) is 0 Å². The van der Waals surface area contributed by atoms with E-state index in [-0.39, 0.29) is 5.92 Å². The maximum Gasteiger partial charge on any atom is 0.230 e. The zero-order chi connectivity index (χ0) is 11.8. The van der Waals surface area contributed by atoms with Crippen molar-refractivity contribution in [2.24, 2.45) is 0 Å². The number of hydrogen-bond donors (Lipinski definition) is 1. The Kier molecular flexibility index (Phi) is 2.54. The summed E-state index contributed by atoms with van der Waals surface area (Å²) in [5.74, 6) is 0.347. The van der Waals surface area contributed by atoms with Gasteiger partial charge in [0.25, 0.3) is 0 Å². The summed E-state index contributed by atoms with van der Waals surface area (Å²) in [5, 5.41) is 3.36. The number of anilines is 1. The van der Waals surface area contributed by atoms with Crippen LogP contribution in [0.15, 0.2) is 24.3 Å². The zero-order valence-electron chi connectivity index (χ0n) is 10.1. The molecule has 90 valence electrons. The van der Waals surface area contributed by atoms with Crippen LogP contribution in [-0.2, 0) is 4.79 Å². The Morgan fingerprint density at radius 2 is 2.06 bits per heavy atom. The number of benzene rings is 1. The second-order valence-electron chi connectivity index (χ2n) is 5.04. The van der Waals surface area contributed by atoms with Crippen LogP contribution in [0.3, 0.4) is 0 Å². The van der Waals surface area contributed by atoms with Crippen LogP contribution in [-0.4, -0.2) is 30.4 Å². The molecular formula is C14H18N2O. The fraction of sp³-hybridized carbons (Fsp3) is 0.500. The summed E-state index contributed by atoms with van der Waals surface area (Å²) in [7, 11) is 1.95. The fourth-order valence-electron chi connectivity index (χ4n) is 2.61. The van der Waals surface area contributed by atoms with Gasteiger partial charge in [-0.05, 0) is 30.9 Å². The predicted octanol–water partition coefficient (Wildman–Crippen LogP) is 2.21. The maximum atomic E-state index is 12.4. The Bertz CT molecular complexity index is 440. The maximum absolute atomic E-state index is 12.4. The smallest absolute Gasteiger partial charge is 0.230 e. The molecule has 1 aliphatic heterocycles. The van der Waals surface area contributed by atoms with Crippen LogP contribution in [0.25, 0.3) is 0 Å². The third kappa shape index (κ3) is 1.90. The Balaban J connectivity index is 1.86. The van der Waals surface area contributed by atoms with Crippen molar-refractivity contribution in [3.8, 4) is 0 Å². The van der Waals surface area contributed by atoms with E-state index in [2.05, 4.69) is 17.4 Å². The van der Waals surface area contributed by atoms with Gasteiger partial charge in [0, 0.05) is 25.3 Å².